The third kappa shape index (κ3) is 4.62. The van der Waals surface area contributed by atoms with Crippen molar-refractivity contribution in [1.29, 1.82) is 0 Å². The molecular weight excluding hydrogens is 246 g/mol. The van der Waals surface area contributed by atoms with Crippen LogP contribution < -0.4 is 16.2 Å². The van der Waals surface area contributed by atoms with Crippen LogP contribution in [0.25, 0.3) is 0 Å². The minimum Gasteiger partial charge on any atom is -0.395 e. The minimum absolute atomic E-state index is 0.0517. The average molecular weight is 269 g/mol. The molecule has 0 bridgehead atoms. The second kappa shape index (κ2) is 7.88. The summed E-state index contributed by atoms with van der Waals surface area (Å²) in [7, 11) is 1.64. The topological polar surface area (TPSA) is 96.5 Å². The van der Waals surface area contributed by atoms with Crippen LogP contribution in [-0.4, -0.2) is 48.5 Å². The average Bonchev–Trinajstić information content (AvgIpc) is 2.42. The van der Waals surface area contributed by atoms with Gasteiger partial charge in [0.15, 0.2) is 0 Å². The molecular formula is C12H23N5O2. The lowest BCUT2D eigenvalue weighted by Crippen LogP contribution is -2.31. The largest absolute Gasteiger partial charge is 0.395 e. The van der Waals surface area contributed by atoms with Crippen molar-refractivity contribution in [3.05, 3.63) is 11.9 Å². The number of nitrogens with two attached hydrogens (primary N) is 1. The van der Waals surface area contributed by atoms with E-state index >= 15 is 0 Å². The van der Waals surface area contributed by atoms with Gasteiger partial charge in [-0.2, -0.15) is 0 Å². The molecule has 4 N–H and O–H groups in total. The first-order chi connectivity index (χ1) is 9.12. The number of ether oxygens (including phenoxy) is 1. The van der Waals surface area contributed by atoms with E-state index in [0.717, 1.165) is 5.82 Å². The van der Waals surface area contributed by atoms with Crippen molar-refractivity contribution in [3.63, 3.8) is 0 Å². The van der Waals surface area contributed by atoms with Gasteiger partial charge in [0.05, 0.1) is 13.2 Å². The standard InChI is InChI=1S/C12H23N5O2/c1-9(2)12-14-10(16-13)8-11(15-12)17(4-6-18)5-7-19-3/h8-9,18H,4-7,13H2,1-3H3,(H,14,15,16). The van der Waals surface area contributed by atoms with E-state index in [1.807, 2.05) is 18.7 Å². The van der Waals surface area contributed by atoms with Crippen molar-refractivity contribution in [3.8, 4) is 0 Å². The van der Waals surface area contributed by atoms with Crippen LogP contribution in [0.3, 0.4) is 0 Å². The summed E-state index contributed by atoms with van der Waals surface area (Å²) in [6.07, 6.45) is 0. The highest BCUT2D eigenvalue weighted by Gasteiger charge is 2.13. The van der Waals surface area contributed by atoms with Gasteiger partial charge in [-0.05, 0) is 0 Å². The summed E-state index contributed by atoms with van der Waals surface area (Å²) >= 11 is 0. The SMILES string of the molecule is COCCN(CCO)c1cc(NN)nc(C(C)C)n1. The molecule has 0 amide bonds. The summed E-state index contributed by atoms with van der Waals surface area (Å²) < 4.78 is 5.07. The lowest BCUT2D eigenvalue weighted by Gasteiger charge is -2.23. The van der Waals surface area contributed by atoms with Gasteiger partial charge < -0.3 is 20.2 Å². The third-order valence-electron chi connectivity index (χ3n) is 2.65. The van der Waals surface area contributed by atoms with Crippen LogP contribution in [-0.2, 0) is 4.74 Å². The normalized spacial score (nSPS) is 10.8. The summed E-state index contributed by atoms with van der Waals surface area (Å²) in [6.45, 7) is 5.79. The first-order valence-electron chi connectivity index (χ1n) is 6.32. The number of aliphatic hydroxyl groups is 1. The molecule has 1 rings (SSSR count). The number of hydrogen-bond acceptors (Lipinski definition) is 7. The molecule has 0 saturated heterocycles. The molecule has 7 heteroatoms. The number of anilines is 2. The molecule has 0 aromatic carbocycles. The Bertz CT molecular complexity index is 386. The second-order valence-electron chi connectivity index (χ2n) is 4.47. The molecule has 0 aliphatic rings. The number of nitrogen functional groups attached to an aromatic ring is 1. The number of hydrogen-bond donors (Lipinski definition) is 3. The maximum atomic E-state index is 9.14. The van der Waals surface area contributed by atoms with Gasteiger partial charge in [-0.3, -0.25) is 0 Å². The molecule has 0 unspecified atom stereocenters. The number of methoxy groups -OCH3 is 1. The van der Waals surface area contributed by atoms with E-state index in [1.165, 1.54) is 0 Å². The van der Waals surface area contributed by atoms with Crippen LogP contribution in [0.15, 0.2) is 6.07 Å². The zero-order valence-corrected chi connectivity index (χ0v) is 11.8. The Balaban J connectivity index is 3.02. The minimum atomic E-state index is 0.0517. The Morgan fingerprint density at radius 3 is 2.68 bits per heavy atom. The fourth-order valence-corrected chi connectivity index (χ4v) is 1.61. The first-order valence-corrected chi connectivity index (χ1v) is 6.32. The summed E-state index contributed by atoms with van der Waals surface area (Å²) in [5, 5.41) is 9.14. The van der Waals surface area contributed by atoms with Crippen LogP contribution in [0.4, 0.5) is 11.6 Å². The molecule has 1 heterocycles. The predicted molar refractivity (Wildman–Crippen MR) is 75.1 cm³/mol. The molecule has 0 spiro atoms. The van der Waals surface area contributed by atoms with Gasteiger partial charge in [0.2, 0.25) is 0 Å². The second-order valence-corrected chi connectivity index (χ2v) is 4.47. The fourth-order valence-electron chi connectivity index (χ4n) is 1.61. The Hall–Kier alpha value is -1.44. The molecule has 0 radical (unpaired) electrons. The van der Waals surface area contributed by atoms with E-state index in [-0.39, 0.29) is 12.5 Å². The van der Waals surface area contributed by atoms with Crippen LogP contribution in [0.1, 0.15) is 25.6 Å². The Labute approximate surface area is 113 Å². The molecule has 0 atom stereocenters. The van der Waals surface area contributed by atoms with Crippen LogP contribution >= 0.6 is 0 Å². The zero-order valence-electron chi connectivity index (χ0n) is 11.8. The van der Waals surface area contributed by atoms with Crippen molar-refractivity contribution in [2.75, 3.05) is 43.7 Å². The van der Waals surface area contributed by atoms with E-state index in [1.54, 1.807) is 13.2 Å². The summed E-state index contributed by atoms with van der Waals surface area (Å²) in [5.41, 5.74) is 2.54. The van der Waals surface area contributed by atoms with E-state index in [9.17, 15) is 0 Å². The molecule has 0 aliphatic carbocycles. The molecule has 0 fully saturated rings. The van der Waals surface area contributed by atoms with Gasteiger partial charge in [-0.15, -0.1) is 0 Å². The van der Waals surface area contributed by atoms with Crippen LogP contribution in [0, 0.1) is 0 Å². The number of aliphatic hydroxyl groups excluding tert-OH is 1. The number of nitrogens with zero attached hydrogens (tertiary/aromatic N) is 3. The molecule has 1 aromatic rings. The fraction of sp³-hybridized carbons (Fsp3) is 0.667. The van der Waals surface area contributed by atoms with Crippen molar-refractivity contribution in [1.82, 2.24) is 9.97 Å². The molecule has 1 aromatic heterocycles. The molecule has 108 valence electrons. The van der Waals surface area contributed by atoms with Crippen LogP contribution in [0.2, 0.25) is 0 Å². The summed E-state index contributed by atoms with van der Waals surface area (Å²) in [5.74, 6) is 7.64. The molecule has 0 aliphatic heterocycles. The van der Waals surface area contributed by atoms with Gasteiger partial charge in [-0.1, -0.05) is 13.8 Å². The first kappa shape index (κ1) is 15.6. The molecule has 19 heavy (non-hydrogen) atoms. The predicted octanol–water partition coefficient (Wildman–Crippen LogP) is 0.331. The van der Waals surface area contributed by atoms with Crippen molar-refractivity contribution >= 4 is 11.6 Å². The van der Waals surface area contributed by atoms with Gasteiger partial charge in [0, 0.05) is 32.2 Å². The monoisotopic (exact) mass is 269 g/mol. The maximum absolute atomic E-state index is 9.14. The quantitative estimate of drug-likeness (QED) is 0.462. The van der Waals surface area contributed by atoms with E-state index in [2.05, 4.69) is 15.4 Å². The lowest BCUT2D eigenvalue weighted by atomic mass is 10.2. The maximum Gasteiger partial charge on any atom is 0.145 e. The number of hydrazine groups is 1. The van der Waals surface area contributed by atoms with Gasteiger partial charge in [0.25, 0.3) is 0 Å². The van der Waals surface area contributed by atoms with Crippen molar-refractivity contribution in [2.24, 2.45) is 5.84 Å². The lowest BCUT2D eigenvalue weighted by molar-refractivity contribution is 0.202. The highest BCUT2D eigenvalue weighted by molar-refractivity contribution is 5.49. The van der Waals surface area contributed by atoms with E-state index in [4.69, 9.17) is 15.7 Å². The van der Waals surface area contributed by atoms with E-state index < -0.39 is 0 Å². The highest BCUT2D eigenvalue weighted by atomic mass is 16.5. The zero-order chi connectivity index (χ0) is 14.3. The summed E-state index contributed by atoms with van der Waals surface area (Å²) in [4.78, 5) is 10.8. The molecule has 0 saturated carbocycles. The Kier molecular flexibility index (Phi) is 6.48. The highest BCUT2D eigenvalue weighted by Crippen LogP contribution is 2.19. The van der Waals surface area contributed by atoms with Crippen molar-refractivity contribution in [2.45, 2.75) is 19.8 Å². The smallest absolute Gasteiger partial charge is 0.145 e. The van der Waals surface area contributed by atoms with Crippen LogP contribution in [0.5, 0.6) is 0 Å². The third-order valence-corrected chi connectivity index (χ3v) is 2.65. The van der Waals surface area contributed by atoms with Crippen molar-refractivity contribution < 1.29 is 9.84 Å². The Morgan fingerprint density at radius 2 is 2.16 bits per heavy atom. The number of nitrogens with one attached hydrogen (secondary N) is 1. The Morgan fingerprint density at radius 1 is 1.42 bits per heavy atom. The summed E-state index contributed by atoms with van der Waals surface area (Å²) in [6, 6.07) is 1.76. The van der Waals surface area contributed by atoms with Gasteiger partial charge in [0.1, 0.15) is 17.5 Å². The van der Waals surface area contributed by atoms with E-state index in [0.29, 0.717) is 31.3 Å². The number of aromatic nitrogens is 2. The molecule has 7 nitrogen and oxygen atoms in total. The van der Waals surface area contributed by atoms with Gasteiger partial charge in [-0.25, -0.2) is 15.8 Å². The number of rotatable bonds is 8. The van der Waals surface area contributed by atoms with Gasteiger partial charge >= 0.3 is 0 Å².